The molecule has 0 saturated carbocycles. The number of hydrogen-bond acceptors (Lipinski definition) is 2. The van der Waals surface area contributed by atoms with Crippen LogP contribution >= 0.6 is 0 Å². The molecule has 94 valence electrons. The van der Waals surface area contributed by atoms with Gasteiger partial charge in [0, 0.05) is 13.0 Å². The zero-order valence-corrected chi connectivity index (χ0v) is 10.6. The van der Waals surface area contributed by atoms with Gasteiger partial charge in [-0.1, -0.05) is 38.1 Å². The van der Waals surface area contributed by atoms with Gasteiger partial charge in [0.15, 0.2) is 0 Å². The molecule has 1 aromatic carbocycles. The number of aliphatic hydroxyl groups excluding tert-OH is 1. The maximum atomic E-state index is 11.5. The van der Waals surface area contributed by atoms with Gasteiger partial charge in [-0.25, -0.2) is 0 Å². The molecule has 0 spiro atoms. The van der Waals surface area contributed by atoms with E-state index in [0.29, 0.717) is 18.9 Å². The summed E-state index contributed by atoms with van der Waals surface area (Å²) in [7, 11) is 0. The summed E-state index contributed by atoms with van der Waals surface area (Å²) in [6, 6.07) is 7.59. The quantitative estimate of drug-likeness (QED) is 0.794. The Morgan fingerprint density at radius 3 is 2.35 bits per heavy atom. The van der Waals surface area contributed by atoms with Crippen LogP contribution in [0.1, 0.15) is 37.8 Å². The summed E-state index contributed by atoms with van der Waals surface area (Å²) < 4.78 is 0. The summed E-state index contributed by atoms with van der Waals surface area (Å²) >= 11 is 0. The summed E-state index contributed by atoms with van der Waals surface area (Å²) in [4.78, 5) is 11.5. The second-order valence-electron chi connectivity index (χ2n) is 4.68. The highest BCUT2D eigenvalue weighted by atomic mass is 16.3. The van der Waals surface area contributed by atoms with Gasteiger partial charge < -0.3 is 10.4 Å². The van der Waals surface area contributed by atoms with Crippen LogP contribution in [0.15, 0.2) is 24.3 Å². The number of rotatable bonds is 6. The fourth-order valence-electron chi connectivity index (χ4n) is 1.47. The number of benzene rings is 1. The fourth-order valence-corrected chi connectivity index (χ4v) is 1.47. The maximum absolute atomic E-state index is 11.5. The van der Waals surface area contributed by atoms with Crippen molar-refractivity contribution in [1.29, 1.82) is 0 Å². The zero-order valence-electron chi connectivity index (χ0n) is 10.6. The van der Waals surface area contributed by atoms with E-state index in [9.17, 15) is 4.79 Å². The predicted octanol–water partition coefficient (Wildman–Crippen LogP) is 2.23. The molecule has 0 aromatic heterocycles. The Balaban J connectivity index is 2.31. The van der Waals surface area contributed by atoms with Crippen LogP contribution in [-0.4, -0.2) is 11.0 Å². The first-order valence-electron chi connectivity index (χ1n) is 6.07. The van der Waals surface area contributed by atoms with E-state index in [2.05, 4.69) is 19.2 Å². The molecule has 1 amide bonds. The third-order valence-electron chi connectivity index (χ3n) is 2.64. The van der Waals surface area contributed by atoms with E-state index in [1.54, 1.807) is 0 Å². The van der Waals surface area contributed by atoms with Gasteiger partial charge in [-0.2, -0.15) is 0 Å². The normalized spacial score (nSPS) is 10.6. The number of hydrogen-bond donors (Lipinski definition) is 2. The highest BCUT2D eigenvalue weighted by Crippen LogP contribution is 2.05. The fraction of sp³-hybridized carbons (Fsp3) is 0.500. The van der Waals surface area contributed by atoms with Crippen LogP contribution < -0.4 is 5.32 Å². The van der Waals surface area contributed by atoms with Crippen molar-refractivity contribution in [1.82, 2.24) is 5.32 Å². The Kier molecular flexibility index (Phi) is 5.70. The van der Waals surface area contributed by atoms with E-state index in [1.807, 2.05) is 24.3 Å². The average Bonchev–Trinajstić information content (AvgIpc) is 2.34. The Morgan fingerprint density at radius 2 is 1.82 bits per heavy atom. The van der Waals surface area contributed by atoms with Crippen molar-refractivity contribution in [2.75, 3.05) is 0 Å². The van der Waals surface area contributed by atoms with E-state index in [4.69, 9.17) is 5.11 Å². The van der Waals surface area contributed by atoms with Crippen LogP contribution in [0.3, 0.4) is 0 Å². The lowest BCUT2D eigenvalue weighted by molar-refractivity contribution is -0.121. The third-order valence-corrected chi connectivity index (χ3v) is 2.64. The van der Waals surface area contributed by atoms with Crippen molar-refractivity contribution < 1.29 is 9.90 Å². The SMILES string of the molecule is CC(C)CCC(=O)NCc1ccc(CO)cc1. The lowest BCUT2D eigenvalue weighted by Gasteiger charge is -2.07. The highest BCUT2D eigenvalue weighted by molar-refractivity contribution is 5.75. The molecule has 0 unspecified atom stereocenters. The number of nitrogens with one attached hydrogen (secondary N) is 1. The van der Waals surface area contributed by atoms with Crippen molar-refractivity contribution >= 4 is 5.91 Å². The molecule has 0 fully saturated rings. The first-order chi connectivity index (χ1) is 8.11. The predicted molar refractivity (Wildman–Crippen MR) is 68.3 cm³/mol. The Bertz CT molecular complexity index is 344. The topological polar surface area (TPSA) is 49.3 Å². The summed E-state index contributed by atoms with van der Waals surface area (Å²) in [5.41, 5.74) is 1.94. The first-order valence-corrected chi connectivity index (χ1v) is 6.07. The lowest BCUT2D eigenvalue weighted by atomic mass is 10.1. The Hall–Kier alpha value is -1.35. The third kappa shape index (κ3) is 5.50. The van der Waals surface area contributed by atoms with Gasteiger partial charge in [-0.05, 0) is 23.5 Å². The van der Waals surface area contributed by atoms with Crippen molar-refractivity contribution in [3.63, 3.8) is 0 Å². The van der Waals surface area contributed by atoms with Crippen molar-refractivity contribution in [3.05, 3.63) is 35.4 Å². The molecular weight excluding hydrogens is 214 g/mol. The molecule has 0 aliphatic heterocycles. The Labute approximate surface area is 103 Å². The average molecular weight is 235 g/mol. The number of carbonyl (C=O) groups is 1. The largest absolute Gasteiger partial charge is 0.392 e. The molecule has 0 radical (unpaired) electrons. The summed E-state index contributed by atoms with van der Waals surface area (Å²) in [6.45, 7) is 4.84. The van der Waals surface area contributed by atoms with E-state index < -0.39 is 0 Å². The van der Waals surface area contributed by atoms with Gasteiger partial charge in [-0.3, -0.25) is 4.79 Å². The molecule has 0 aliphatic rings. The van der Waals surface area contributed by atoms with Gasteiger partial charge in [0.05, 0.1) is 6.61 Å². The molecule has 3 nitrogen and oxygen atoms in total. The molecule has 3 heteroatoms. The van der Waals surface area contributed by atoms with Crippen molar-refractivity contribution in [2.24, 2.45) is 5.92 Å². The summed E-state index contributed by atoms with van der Waals surface area (Å²) in [5, 5.41) is 11.8. The molecular formula is C14H21NO2. The molecule has 0 aliphatic carbocycles. The molecule has 17 heavy (non-hydrogen) atoms. The molecule has 2 N–H and O–H groups in total. The maximum Gasteiger partial charge on any atom is 0.220 e. The van der Waals surface area contributed by atoms with Crippen LogP contribution in [0.5, 0.6) is 0 Å². The van der Waals surface area contributed by atoms with Crippen molar-refractivity contribution in [3.8, 4) is 0 Å². The molecule has 0 heterocycles. The standard InChI is InChI=1S/C14H21NO2/c1-11(2)3-8-14(17)15-9-12-4-6-13(10-16)7-5-12/h4-7,11,16H,3,8-10H2,1-2H3,(H,15,17). The second kappa shape index (κ2) is 7.07. The minimum absolute atomic E-state index is 0.0566. The van der Waals surface area contributed by atoms with E-state index in [1.165, 1.54) is 0 Å². The molecule has 0 atom stereocenters. The number of aliphatic hydroxyl groups is 1. The molecule has 0 saturated heterocycles. The smallest absolute Gasteiger partial charge is 0.220 e. The van der Waals surface area contributed by atoms with Crippen molar-refractivity contribution in [2.45, 2.75) is 39.8 Å². The van der Waals surface area contributed by atoms with Gasteiger partial charge in [0.2, 0.25) is 5.91 Å². The van der Waals surface area contributed by atoms with Crippen LogP contribution in [0.25, 0.3) is 0 Å². The van der Waals surface area contributed by atoms with Crippen LogP contribution in [0, 0.1) is 5.92 Å². The van der Waals surface area contributed by atoms with Crippen LogP contribution in [0.2, 0.25) is 0 Å². The number of amides is 1. The summed E-state index contributed by atoms with van der Waals surface area (Å²) in [5.74, 6) is 0.662. The monoisotopic (exact) mass is 235 g/mol. The van der Waals surface area contributed by atoms with Crippen LogP contribution in [0.4, 0.5) is 0 Å². The second-order valence-corrected chi connectivity index (χ2v) is 4.68. The van der Waals surface area contributed by atoms with Gasteiger partial charge in [0.25, 0.3) is 0 Å². The number of carbonyl (C=O) groups excluding carboxylic acids is 1. The summed E-state index contributed by atoms with van der Waals surface area (Å²) in [6.07, 6.45) is 1.52. The lowest BCUT2D eigenvalue weighted by Crippen LogP contribution is -2.22. The minimum Gasteiger partial charge on any atom is -0.392 e. The van der Waals surface area contributed by atoms with E-state index in [-0.39, 0.29) is 12.5 Å². The highest BCUT2D eigenvalue weighted by Gasteiger charge is 2.03. The van der Waals surface area contributed by atoms with E-state index in [0.717, 1.165) is 17.5 Å². The Morgan fingerprint density at radius 1 is 1.24 bits per heavy atom. The van der Waals surface area contributed by atoms with Gasteiger partial charge in [-0.15, -0.1) is 0 Å². The minimum atomic E-state index is 0.0566. The first kappa shape index (κ1) is 13.7. The zero-order chi connectivity index (χ0) is 12.7. The van der Waals surface area contributed by atoms with Gasteiger partial charge in [0.1, 0.15) is 0 Å². The molecule has 0 bridgehead atoms. The molecule has 1 aromatic rings. The molecule has 1 rings (SSSR count). The van der Waals surface area contributed by atoms with Gasteiger partial charge >= 0.3 is 0 Å². The van der Waals surface area contributed by atoms with E-state index >= 15 is 0 Å². The van der Waals surface area contributed by atoms with Crippen LogP contribution in [-0.2, 0) is 17.9 Å².